The van der Waals surface area contributed by atoms with Crippen LogP contribution in [0.2, 0.25) is 0 Å². The Morgan fingerprint density at radius 3 is 1.48 bits per heavy atom. The molecule has 0 unspecified atom stereocenters. The zero-order valence-corrected chi connectivity index (χ0v) is 26.4. The van der Waals surface area contributed by atoms with E-state index in [0.717, 1.165) is 111 Å². The highest BCUT2D eigenvalue weighted by atomic mass is 16.5. The molecule has 2 N–H and O–H groups in total. The van der Waals surface area contributed by atoms with Gasteiger partial charge in [-0.3, -0.25) is 9.59 Å². The van der Waals surface area contributed by atoms with Gasteiger partial charge in [0.05, 0.1) is 37.4 Å². The lowest BCUT2D eigenvalue weighted by Gasteiger charge is -2.28. The van der Waals surface area contributed by atoms with E-state index in [4.69, 9.17) is 18.9 Å². The molecule has 4 aliphatic rings. The van der Waals surface area contributed by atoms with Crippen LogP contribution >= 0.6 is 0 Å². The van der Waals surface area contributed by atoms with E-state index in [0.29, 0.717) is 11.1 Å². The monoisotopic (exact) mass is 606 g/mol. The first-order valence-corrected chi connectivity index (χ1v) is 16.1. The Labute approximate surface area is 260 Å². The summed E-state index contributed by atoms with van der Waals surface area (Å²) in [6.45, 7) is 1.51. The summed E-state index contributed by atoms with van der Waals surface area (Å²) >= 11 is 0. The number of fused-ring (bicyclic) bond motifs is 4. The van der Waals surface area contributed by atoms with Gasteiger partial charge in [0.1, 0.15) is 24.0 Å². The Hall–Kier alpha value is -3.50. The standard InChI is InChI=1S/C34H46N4O6/c1-41-29-19-23-25(35-31(43-3)27-13-9-15-37(27)33(23)39)17-21(29)11-7-5-6-8-12-22-18-26-24(20-30(22)42-2)34(40)38-16-10-14-28(38)32(36-26)44-4/h17-20,27-28,31-32,35-36H,5-16H2,1-4H3/t27-,28-,31-,32-/m0/s1. The average Bonchev–Trinajstić information content (AvgIpc) is 3.70. The minimum Gasteiger partial charge on any atom is -0.496 e. The summed E-state index contributed by atoms with van der Waals surface area (Å²) < 4.78 is 23.0. The maximum absolute atomic E-state index is 13.4. The molecule has 0 bridgehead atoms. The van der Waals surface area contributed by atoms with Crippen LogP contribution in [-0.2, 0) is 22.3 Å². The maximum Gasteiger partial charge on any atom is 0.256 e. The smallest absolute Gasteiger partial charge is 0.256 e. The number of nitrogens with zero attached hydrogens (tertiary/aromatic N) is 2. The third kappa shape index (κ3) is 5.70. The predicted octanol–water partition coefficient (Wildman–Crippen LogP) is 5.05. The number of hydrogen-bond donors (Lipinski definition) is 2. The van der Waals surface area contributed by atoms with E-state index in [1.54, 1.807) is 28.4 Å². The fourth-order valence-electron chi connectivity index (χ4n) is 7.56. The second-order valence-corrected chi connectivity index (χ2v) is 12.4. The topological polar surface area (TPSA) is 102 Å². The molecule has 4 aliphatic heterocycles. The van der Waals surface area contributed by atoms with Crippen LogP contribution < -0.4 is 20.1 Å². The highest BCUT2D eigenvalue weighted by Gasteiger charge is 2.41. The number of benzene rings is 2. The molecule has 0 radical (unpaired) electrons. The number of methoxy groups -OCH3 is 4. The van der Waals surface area contributed by atoms with Crippen LogP contribution in [0.1, 0.15) is 83.2 Å². The van der Waals surface area contributed by atoms with E-state index in [2.05, 4.69) is 22.8 Å². The number of hydrogen-bond acceptors (Lipinski definition) is 8. The van der Waals surface area contributed by atoms with Gasteiger partial charge in [-0.15, -0.1) is 0 Å². The van der Waals surface area contributed by atoms with Crippen molar-refractivity contribution in [3.8, 4) is 11.5 Å². The summed E-state index contributed by atoms with van der Waals surface area (Å²) in [6.07, 6.45) is 9.29. The quantitative estimate of drug-likeness (QED) is 0.343. The lowest BCUT2D eigenvalue weighted by atomic mass is 9.99. The fraction of sp³-hybridized carbons (Fsp3) is 0.588. The third-order valence-electron chi connectivity index (χ3n) is 9.87. The number of rotatable bonds is 11. The second-order valence-electron chi connectivity index (χ2n) is 12.4. The Kier molecular flexibility index (Phi) is 9.18. The zero-order chi connectivity index (χ0) is 30.8. The molecule has 0 aromatic heterocycles. The Bertz CT molecular complexity index is 1280. The van der Waals surface area contributed by atoms with Gasteiger partial charge in [0.25, 0.3) is 11.8 Å². The van der Waals surface area contributed by atoms with Crippen LogP contribution in [0, 0.1) is 0 Å². The van der Waals surface area contributed by atoms with Crippen molar-refractivity contribution < 1.29 is 28.5 Å². The van der Waals surface area contributed by atoms with Crippen LogP contribution in [0.5, 0.6) is 11.5 Å². The number of aryl methyl sites for hydroxylation is 2. The normalized spacial score (nSPS) is 24.0. The molecule has 4 heterocycles. The van der Waals surface area contributed by atoms with Crippen molar-refractivity contribution in [3.63, 3.8) is 0 Å². The number of amides is 2. The summed E-state index contributed by atoms with van der Waals surface area (Å²) in [7, 11) is 6.74. The van der Waals surface area contributed by atoms with Crippen molar-refractivity contribution in [3.05, 3.63) is 46.5 Å². The molecule has 10 nitrogen and oxygen atoms in total. The Morgan fingerprint density at radius 2 is 1.09 bits per heavy atom. The van der Waals surface area contributed by atoms with Crippen LogP contribution in [0.4, 0.5) is 11.4 Å². The van der Waals surface area contributed by atoms with Crippen LogP contribution in [0.15, 0.2) is 24.3 Å². The maximum atomic E-state index is 13.4. The van der Waals surface area contributed by atoms with Gasteiger partial charge < -0.3 is 39.4 Å². The van der Waals surface area contributed by atoms with E-state index in [9.17, 15) is 9.59 Å². The number of carbonyl (C=O) groups is 2. The number of anilines is 2. The lowest BCUT2D eigenvalue weighted by Crippen LogP contribution is -2.44. The second kappa shape index (κ2) is 13.2. The van der Waals surface area contributed by atoms with Gasteiger partial charge in [-0.05, 0) is 86.8 Å². The zero-order valence-electron chi connectivity index (χ0n) is 26.4. The lowest BCUT2D eigenvalue weighted by molar-refractivity contribution is 0.0418. The van der Waals surface area contributed by atoms with Crippen molar-refractivity contribution in [1.29, 1.82) is 0 Å². The molecular weight excluding hydrogens is 560 g/mol. The van der Waals surface area contributed by atoms with E-state index < -0.39 is 0 Å². The van der Waals surface area contributed by atoms with Gasteiger partial charge in [-0.1, -0.05) is 12.8 Å². The van der Waals surface area contributed by atoms with Crippen molar-refractivity contribution in [1.82, 2.24) is 9.80 Å². The molecule has 2 aromatic carbocycles. The molecule has 4 atom stereocenters. The SMILES string of the molecule is COc1cc2c(cc1CCCCCCc1cc3c(cc1OC)C(=O)N1CCC[C@H]1[C@H](OC)N3)N[C@@H](OC)[C@@H]1CCCN1C2=O. The van der Waals surface area contributed by atoms with E-state index in [1.807, 2.05) is 21.9 Å². The summed E-state index contributed by atoms with van der Waals surface area (Å²) in [5, 5.41) is 7.00. The van der Waals surface area contributed by atoms with Crippen molar-refractivity contribution in [2.75, 3.05) is 52.2 Å². The minimum absolute atomic E-state index is 0.0441. The molecule has 2 fully saturated rings. The molecule has 44 heavy (non-hydrogen) atoms. The third-order valence-corrected chi connectivity index (χ3v) is 9.87. The first-order chi connectivity index (χ1) is 21.5. The van der Waals surface area contributed by atoms with E-state index >= 15 is 0 Å². The summed E-state index contributed by atoms with van der Waals surface area (Å²) in [6, 6.07) is 8.04. The molecule has 0 saturated carbocycles. The van der Waals surface area contributed by atoms with Crippen molar-refractivity contribution >= 4 is 23.2 Å². The largest absolute Gasteiger partial charge is 0.496 e. The number of ether oxygens (including phenoxy) is 4. The molecular formula is C34H46N4O6. The summed E-state index contributed by atoms with van der Waals surface area (Å²) in [5.74, 6) is 1.62. The fourth-order valence-corrected chi connectivity index (χ4v) is 7.56. The first kappa shape index (κ1) is 30.5. The van der Waals surface area contributed by atoms with Gasteiger partial charge in [-0.25, -0.2) is 0 Å². The minimum atomic E-state index is -0.222. The highest BCUT2D eigenvalue weighted by Crippen LogP contribution is 2.37. The van der Waals surface area contributed by atoms with Gasteiger partial charge >= 0.3 is 0 Å². The molecule has 238 valence electrons. The van der Waals surface area contributed by atoms with Gasteiger partial charge in [-0.2, -0.15) is 0 Å². The molecule has 0 spiro atoms. The highest BCUT2D eigenvalue weighted by molar-refractivity contribution is 6.02. The van der Waals surface area contributed by atoms with E-state index in [-0.39, 0.29) is 36.4 Å². The average molecular weight is 607 g/mol. The van der Waals surface area contributed by atoms with Gasteiger partial charge in [0.15, 0.2) is 0 Å². The Morgan fingerprint density at radius 1 is 0.659 bits per heavy atom. The number of nitrogens with one attached hydrogen (secondary N) is 2. The molecule has 2 aromatic rings. The molecule has 0 aliphatic carbocycles. The van der Waals surface area contributed by atoms with Crippen LogP contribution in [-0.4, -0.2) is 87.7 Å². The Balaban J connectivity index is 1.07. The molecule has 2 amide bonds. The molecule has 10 heteroatoms. The van der Waals surface area contributed by atoms with Crippen LogP contribution in [0.3, 0.4) is 0 Å². The van der Waals surface area contributed by atoms with Crippen LogP contribution in [0.25, 0.3) is 0 Å². The van der Waals surface area contributed by atoms with Crippen molar-refractivity contribution in [2.45, 2.75) is 88.7 Å². The molecule has 2 saturated heterocycles. The van der Waals surface area contributed by atoms with Crippen molar-refractivity contribution in [2.24, 2.45) is 0 Å². The number of unbranched alkanes of at least 4 members (excludes halogenated alkanes) is 3. The summed E-state index contributed by atoms with van der Waals surface area (Å²) in [4.78, 5) is 30.6. The van der Waals surface area contributed by atoms with Gasteiger partial charge in [0.2, 0.25) is 0 Å². The predicted molar refractivity (Wildman–Crippen MR) is 169 cm³/mol. The first-order valence-electron chi connectivity index (χ1n) is 16.1. The molecule has 6 rings (SSSR count). The van der Waals surface area contributed by atoms with Gasteiger partial charge in [0, 0.05) is 38.7 Å². The number of carbonyl (C=O) groups excluding carboxylic acids is 2. The summed E-state index contributed by atoms with van der Waals surface area (Å²) in [5.41, 5.74) is 5.15. The van der Waals surface area contributed by atoms with E-state index in [1.165, 1.54) is 0 Å².